The lowest BCUT2D eigenvalue weighted by Gasteiger charge is -2.45. The largest absolute Gasteiger partial charge is 0.311 e. The summed E-state index contributed by atoms with van der Waals surface area (Å²) in [6.45, 7) is -0.424. The Balaban J connectivity index is 0.908. The van der Waals surface area contributed by atoms with Crippen LogP contribution in [-0.4, -0.2) is 24.5 Å². The summed E-state index contributed by atoms with van der Waals surface area (Å²) in [5.74, 6) is 0. The Morgan fingerprint density at radius 3 is 0.890 bits per heavy atom. The van der Waals surface area contributed by atoms with E-state index in [1.165, 1.54) is 156 Å². The molecule has 0 saturated carbocycles. The summed E-state index contributed by atoms with van der Waals surface area (Å²) in [6.07, 6.45) is 0. The zero-order valence-corrected chi connectivity index (χ0v) is 54.2. The van der Waals surface area contributed by atoms with Crippen LogP contribution in [0.4, 0.5) is 102 Å². The molecule has 6 aliphatic rings. The van der Waals surface area contributed by atoms with Crippen molar-refractivity contribution in [1.29, 1.82) is 0 Å². The van der Waals surface area contributed by atoms with Crippen molar-refractivity contribution in [1.82, 2.24) is 4.40 Å². The molecule has 2 aromatic heterocycles. The normalized spacial score (nSPS) is 14.0. The third-order valence-electron chi connectivity index (χ3n) is 22.6. The van der Waals surface area contributed by atoms with Gasteiger partial charge in [-0.25, -0.2) is 0 Å². The van der Waals surface area contributed by atoms with E-state index in [-0.39, 0.29) is 20.1 Å². The van der Waals surface area contributed by atoms with Gasteiger partial charge in [0.05, 0.1) is 16.6 Å². The maximum Gasteiger partial charge on any atom is 0.253 e. The van der Waals surface area contributed by atoms with Gasteiger partial charge in [0, 0.05) is 124 Å². The standard InChI is InChI=1S/C90H56B3N7/c1-7-28-57(29-8-1)94-69-43-22-19-40-65(69)91-68-56-80-63(54-81(68)98(61-36-15-5-16-37-61)74-47-25-46-73(94)85(74)91)84-89-82(99(62-38-17-6-18-39-62)78-51-27-49-76-87(78)93(89)67-42-21-24-45-71(67)96(76)59-32-11-3-12-33-59)55-64-83-72(100(80)90(64)84)52-53-79-88(83)92-66-41-20-23-44-70(66)95(58-30-9-2-10-31-58)75-48-26-50-77(86(75)92)97(79)60-34-13-4-14-35-60/h1-56H. The number of aromatic nitrogens is 1. The van der Waals surface area contributed by atoms with E-state index in [4.69, 9.17) is 0 Å². The molecule has 0 unspecified atom stereocenters. The summed E-state index contributed by atoms with van der Waals surface area (Å²) >= 11 is 0. The maximum absolute atomic E-state index is 2.73. The summed E-state index contributed by atoms with van der Waals surface area (Å²) in [6, 6.07) is 128. The van der Waals surface area contributed by atoms with E-state index >= 15 is 0 Å². The number of nitrogens with zero attached hydrogens (tertiary/aromatic N) is 7. The van der Waals surface area contributed by atoms with Crippen LogP contribution in [0.5, 0.6) is 0 Å². The summed E-state index contributed by atoms with van der Waals surface area (Å²) in [5.41, 5.74) is 36.2. The van der Waals surface area contributed by atoms with Gasteiger partial charge in [-0.05, 0) is 207 Å². The molecule has 0 spiro atoms. The molecule has 0 bridgehead atoms. The predicted molar refractivity (Wildman–Crippen MR) is 423 cm³/mol. The number of hydrogen-bond acceptors (Lipinski definition) is 6. The molecule has 0 N–H and O–H groups in total. The Morgan fingerprint density at radius 2 is 0.480 bits per heavy atom. The van der Waals surface area contributed by atoms with Crippen molar-refractivity contribution in [3.63, 3.8) is 0 Å². The van der Waals surface area contributed by atoms with Crippen LogP contribution in [0.15, 0.2) is 340 Å². The molecular formula is C90H56B3N7. The highest BCUT2D eigenvalue weighted by molar-refractivity contribution is 7.03. The monoisotopic (exact) mass is 1270 g/mol. The molecular weight excluding hydrogens is 1210 g/mol. The average Bonchev–Trinajstić information content (AvgIpc) is 1.43. The quantitative estimate of drug-likeness (QED) is 0.154. The Hall–Kier alpha value is -12.9. The Labute approximate surface area is 579 Å². The zero-order chi connectivity index (χ0) is 65.0. The molecule has 100 heavy (non-hydrogen) atoms. The third-order valence-corrected chi connectivity index (χ3v) is 22.6. The Morgan fingerprint density at radius 1 is 0.180 bits per heavy atom. The van der Waals surface area contributed by atoms with Crippen LogP contribution in [0.1, 0.15) is 0 Å². The molecule has 6 aliphatic heterocycles. The number of benzene rings is 15. The first-order valence-corrected chi connectivity index (χ1v) is 34.9. The molecule has 7 nitrogen and oxygen atoms in total. The molecule has 23 rings (SSSR count). The first-order chi connectivity index (χ1) is 49.7. The van der Waals surface area contributed by atoms with Gasteiger partial charge in [-0.15, -0.1) is 0 Å². The fraction of sp³-hybridized carbons (Fsp3) is 0. The summed E-state index contributed by atoms with van der Waals surface area (Å²) < 4.78 is 2.73. The van der Waals surface area contributed by atoms with Gasteiger partial charge in [0.15, 0.2) is 0 Å². The van der Waals surface area contributed by atoms with Crippen molar-refractivity contribution < 1.29 is 0 Å². The first-order valence-electron chi connectivity index (χ1n) is 34.9. The number of hydrogen-bond donors (Lipinski definition) is 0. The summed E-state index contributed by atoms with van der Waals surface area (Å²) in [5, 5.41) is 4.99. The highest BCUT2D eigenvalue weighted by atomic mass is 15.2. The molecule has 15 aromatic carbocycles. The first kappa shape index (κ1) is 54.2. The number of para-hydroxylation sites is 9. The molecule has 0 radical (unpaired) electrons. The van der Waals surface area contributed by atoms with Crippen LogP contribution in [0.25, 0.3) is 38.1 Å². The van der Waals surface area contributed by atoms with Crippen LogP contribution in [0.2, 0.25) is 0 Å². The van der Waals surface area contributed by atoms with Gasteiger partial charge >= 0.3 is 0 Å². The van der Waals surface area contributed by atoms with Gasteiger partial charge in [-0.3, -0.25) is 0 Å². The number of fused-ring (bicyclic) bond motifs is 20. The van der Waals surface area contributed by atoms with Gasteiger partial charge in [0.2, 0.25) is 0 Å². The molecule has 0 fully saturated rings. The van der Waals surface area contributed by atoms with Crippen LogP contribution in [0.3, 0.4) is 0 Å². The van der Waals surface area contributed by atoms with E-state index < -0.39 is 0 Å². The van der Waals surface area contributed by atoms with Crippen LogP contribution >= 0.6 is 0 Å². The van der Waals surface area contributed by atoms with E-state index in [1.54, 1.807) is 0 Å². The van der Waals surface area contributed by atoms with E-state index in [2.05, 4.69) is 374 Å². The van der Waals surface area contributed by atoms with E-state index in [1.807, 2.05) is 0 Å². The second-order valence-electron chi connectivity index (χ2n) is 27.4. The smallest absolute Gasteiger partial charge is 0.253 e. The van der Waals surface area contributed by atoms with Crippen molar-refractivity contribution in [2.45, 2.75) is 0 Å². The van der Waals surface area contributed by atoms with E-state index in [9.17, 15) is 0 Å². The van der Waals surface area contributed by atoms with Crippen molar-refractivity contribution >= 4 is 210 Å². The lowest BCUT2D eigenvalue weighted by atomic mass is 9.32. The maximum atomic E-state index is 2.73. The van der Waals surface area contributed by atoms with Crippen LogP contribution in [0, 0.1) is 0 Å². The average molecular weight is 1270 g/mol. The molecule has 8 heterocycles. The van der Waals surface area contributed by atoms with Gasteiger partial charge in [0.25, 0.3) is 20.1 Å². The van der Waals surface area contributed by atoms with E-state index in [0.29, 0.717) is 0 Å². The zero-order valence-electron chi connectivity index (χ0n) is 54.2. The van der Waals surface area contributed by atoms with Crippen molar-refractivity contribution in [2.24, 2.45) is 0 Å². The highest BCUT2D eigenvalue weighted by Gasteiger charge is 2.50. The van der Waals surface area contributed by atoms with Crippen molar-refractivity contribution in [3.8, 4) is 0 Å². The summed E-state index contributed by atoms with van der Waals surface area (Å²) in [7, 11) is 0. The summed E-state index contributed by atoms with van der Waals surface area (Å²) in [4.78, 5) is 15.3. The number of anilines is 18. The second-order valence-corrected chi connectivity index (χ2v) is 27.4. The topological polar surface area (TPSA) is 23.9 Å². The van der Waals surface area contributed by atoms with Gasteiger partial charge in [0.1, 0.15) is 0 Å². The molecule has 10 heteroatoms. The van der Waals surface area contributed by atoms with Crippen molar-refractivity contribution in [2.75, 3.05) is 29.4 Å². The van der Waals surface area contributed by atoms with Gasteiger partial charge in [-0.2, -0.15) is 0 Å². The SMILES string of the molecule is c1ccc(N2c3ccccc3B3c4cc5c(cc4N(c4ccccc4)c4cccc2c43)c2c3c(cc4c6c7c(ccc6n5c42)N(c2ccccc2)c2cccc4c2B7c2ccccc2N4c2ccccc2)N(c2ccccc2)c2cccc4c2B3c2ccccc2N4c2ccccc2)cc1. The third kappa shape index (κ3) is 7.10. The molecule has 17 aromatic rings. The minimum Gasteiger partial charge on any atom is -0.311 e. The Bertz CT molecular complexity index is 6280. The van der Waals surface area contributed by atoms with Gasteiger partial charge < -0.3 is 33.8 Å². The minimum absolute atomic E-state index is 0.108. The fourth-order valence-electron chi connectivity index (χ4n) is 19.0. The number of rotatable bonds is 6. The fourth-order valence-corrected chi connectivity index (χ4v) is 19.0. The van der Waals surface area contributed by atoms with Crippen LogP contribution < -0.4 is 78.6 Å². The molecule has 0 atom stereocenters. The minimum atomic E-state index is -0.168. The molecule has 0 aliphatic carbocycles. The Kier molecular flexibility index (Phi) is 11.0. The van der Waals surface area contributed by atoms with Crippen molar-refractivity contribution in [3.05, 3.63) is 340 Å². The van der Waals surface area contributed by atoms with Gasteiger partial charge in [-0.1, -0.05) is 182 Å². The highest BCUT2D eigenvalue weighted by Crippen LogP contribution is 2.53. The lowest BCUT2D eigenvalue weighted by Crippen LogP contribution is -2.61. The molecule has 0 amide bonds. The second kappa shape index (κ2) is 20.3. The molecule has 0 saturated heterocycles. The van der Waals surface area contributed by atoms with E-state index in [0.717, 1.165) is 34.1 Å². The van der Waals surface area contributed by atoms with Crippen LogP contribution in [-0.2, 0) is 0 Å². The lowest BCUT2D eigenvalue weighted by molar-refractivity contribution is 1.25. The molecule has 460 valence electrons. The predicted octanol–water partition coefficient (Wildman–Crippen LogP) is 17.1.